The maximum absolute atomic E-state index is 13.0. The molecule has 0 saturated carbocycles. The molecule has 152 valence electrons. The lowest BCUT2D eigenvalue weighted by Gasteiger charge is -2.32. The summed E-state index contributed by atoms with van der Waals surface area (Å²) in [4.78, 5) is 27.6. The molecule has 3 atom stereocenters. The van der Waals surface area contributed by atoms with Gasteiger partial charge in [-0.1, -0.05) is 0 Å². The van der Waals surface area contributed by atoms with E-state index in [2.05, 4.69) is 10.6 Å². The molecule has 0 radical (unpaired) electrons. The molecule has 2 bridgehead atoms. The Labute approximate surface area is 170 Å². The molecule has 4 aliphatic heterocycles. The molecule has 3 saturated heterocycles. The molecule has 0 aromatic heterocycles. The number of nitrogens with one attached hydrogen (secondary N) is 2. The van der Waals surface area contributed by atoms with Gasteiger partial charge >= 0.3 is 0 Å². The number of carbonyl (C=O) groups excluding carboxylic acids is 2. The average molecular weight is 408 g/mol. The van der Waals surface area contributed by atoms with Crippen LogP contribution in [0.1, 0.15) is 48.9 Å². The van der Waals surface area contributed by atoms with Gasteiger partial charge < -0.3 is 25.0 Å². The zero-order valence-electron chi connectivity index (χ0n) is 15.7. The topological polar surface area (TPSA) is 79.9 Å². The van der Waals surface area contributed by atoms with Crippen molar-refractivity contribution in [2.24, 2.45) is 0 Å². The number of hydrogen-bond donors (Lipinski definition) is 2. The zero-order valence-corrected chi connectivity index (χ0v) is 16.5. The van der Waals surface area contributed by atoms with Crippen molar-refractivity contribution in [3.63, 3.8) is 0 Å². The predicted molar refractivity (Wildman–Crippen MR) is 105 cm³/mol. The second-order valence-corrected chi connectivity index (χ2v) is 8.04. The minimum Gasteiger partial charge on any atom is -0.454 e. The van der Waals surface area contributed by atoms with Crippen LogP contribution >= 0.6 is 12.4 Å². The largest absolute Gasteiger partial charge is 0.454 e. The Hall–Kier alpha value is -1.99. The summed E-state index contributed by atoms with van der Waals surface area (Å²) in [5.74, 6) is 1.12. The van der Waals surface area contributed by atoms with Crippen molar-refractivity contribution in [2.75, 3.05) is 13.3 Å². The van der Waals surface area contributed by atoms with Crippen LogP contribution < -0.4 is 20.1 Å². The molecule has 5 rings (SSSR count). The first kappa shape index (κ1) is 19.3. The van der Waals surface area contributed by atoms with Gasteiger partial charge in [0, 0.05) is 30.2 Å². The van der Waals surface area contributed by atoms with E-state index in [0.29, 0.717) is 35.7 Å². The van der Waals surface area contributed by atoms with E-state index in [1.165, 1.54) is 12.8 Å². The van der Waals surface area contributed by atoms with Crippen molar-refractivity contribution in [1.82, 2.24) is 15.5 Å². The smallest absolute Gasteiger partial charge is 0.254 e. The number of amides is 2. The molecular weight excluding hydrogens is 382 g/mol. The summed E-state index contributed by atoms with van der Waals surface area (Å²) in [5.41, 5.74) is 0.541. The third-order valence-electron chi connectivity index (χ3n) is 6.26. The normalized spacial score (nSPS) is 30.1. The Morgan fingerprint density at radius 2 is 1.82 bits per heavy atom. The minimum absolute atomic E-state index is 0. The van der Waals surface area contributed by atoms with E-state index in [4.69, 9.17) is 9.47 Å². The number of halogens is 1. The van der Waals surface area contributed by atoms with Crippen LogP contribution in [-0.4, -0.2) is 54.2 Å². The Morgan fingerprint density at radius 1 is 1.07 bits per heavy atom. The quantitative estimate of drug-likeness (QED) is 0.799. The van der Waals surface area contributed by atoms with Gasteiger partial charge in [0.15, 0.2) is 11.5 Å². The van der Waals surface area contributed by atoms with Gasteiger partial charge in [0.2, 0.25) is 12.7 Å². The van der Waals surface area contributed by atoms with E-state index in [1.54, 1.807) is 23.1 Å². The van der Waals surface area contributed by atoms with Crippen LogP contribution in [-0.2, 0) is 4.79 Å². The van der Waals surface area contributed by atoms with Crippen LogP contribution in [0, 0.1) is 0 Å². The van der Waals surface area contributed by atoms with Gasteiger partial charge in [0.1, 0.15) is 6.04 Å². The standard InChI is InChI=1S/C20H25N3O4.ClH/c24-19(22-15-9-13-4-5-14(10-15)21-13)16-2-1-7-23(16)20(25)12-3-6-17-18(8-12)27-11-26-17;/h3,6,8,13-16,21H,1-2,4-5,7,9-11H2,(H,22,24);1H. The molecule has 4 aliphatic rings. The Bertz CT molecular complexity index is 762. The van der Waals surface area contributed by atoms with Gasteiger partial charge in [-0.3, -0.25) is 9.59 Å². The fourth-order valence-electron chi connectivity index (χ4n) is 4.95. The molecule has 3 unspecified atom stereocenters. The van der Waals surface area contributed by atoms with Crippen LogP contribution in [0.4, 0.5) is 0 Å². The number of rotatable bonds is 3. The van der Waals surface area contributed by atoms with Gasteiger partial charge in [-0.2, -0.15) is 0 Å². The molecule has 2 N–H and O–H groups in total. The summed E-state index contributed by atoms with van der Waals surface area (Å²) in [6.45, 7) is 0.794. The van der Waals surface area contributed by atoms with Crippen molar-refractivity contribution >= 4 is 24.2 Å². The summed E-state index contributed by atoms with van der Waals surface area (Å²) >= 11 is 0. The van der Waals surface area contributed by atoms with E-state index in [9.17, 15) is 9.59 Å². The van der Waals surface area contributed by atoms with E-state index in [-0.39, 0.29) is 43.1 Å². The fraction of sp³-hybridized carbons (Fsp3) is 0.600. The second kappa shape index (κ2) is 7.79. The van der Waals surface area contributed by atoms with Gasteiger partial charge in [0.05, 0.1) is 0 Å². The third kappa shape index (κ3) is 3.53. The molecule has 28 heavy (non-hydrogen) atoms. The Balaban J connectivity index is 0.00000192. The van der Waals surface area contributed by atoms with Crippen LogP contribution in [0.3, 0.4) is 0 Å². The number of likely N-dealkylation sites (tertiary alicyclic amines) is 1. The Morgan fingerprint density at radius 3 is 2.61 bits per heavy atom. The summed E-state index contributed by atoms with van der Waals surface area (Å²) in [6.07, 6.45) is 5.96. The minimum atomic E-state index is -0.379. The van der Waals surface area contributed by atoms with Crippen LogP contribution in [0.5, 0.6) is 11.5 Å². The number of hydrogen-bond acceptors (Lipinski definition) is 5. The first-order valence-electron chi connectivity index (χ1n) is 9.94. The molecule has 8 heteroatoms. The summed E-state index contributed by atoms with van der Waals surface area (Å²) < 4.78 is 10.7. The molecular formula is C20H26ClN3O4. The molecule has 3 fully saturated rings. The highest BCUT2D eigenvalue weighted by atomic mass is 35.5. The third-order valence-corrected chi connectivity index (χ3v) is 6.26. The van der Waals surface area contributed by atoms with Crippen LogP contribution in [0.2, 0.25) is 0 Å². The summed E-state index contributed by atoms with van der Waals surface area (Å²) in [6, 6.07) is 6.12. The van der Waals surface area contributed by atoms with Crippen LogP contribution in [0.15, 0.2) is 18.2 Å². The second-order valence-electron chi connectivity index (χ2n) is 8.04. The SMILES string of the molecule is Cl.O=C(NC1CC2CCC(C1)N2)C1CCCN1C(=O)c1ccc2c(c1)OCO2. The molecule has 1 aromatic rings. The van der Waals surface area contributed by atoms with Gasteiger partial charge in [-0.25, -0.2) is 0 Å². The highest BCUT2D eigenvalue weighted by molar-refractivity contribution is 5.98. The number of piperidine rings is 1. The zero-order chi connectivity index (χ0) is 18.4. The first-order chi connectivity index (χ1) is 13.2. The van der Waals surface area contributed by atoms with E-state index >= 15 is 0 Å². The number of nitrogens with zero attached hydrogens (tertiary/aromatic N) is 1. The maximum Gasteiger partial charge on any atom is 0.254 e. The molecule has 0 aliphatic carbocycles. The van der Waals surface area contributed by atoms with Gasteiger partial charge in [-0.15, -0.1) is 12.4 Å². The van der Waals surface area contributed by atoms with Crippen molar-refractivity contribution in [3.05, 3.63) is 23.8 Å². The lowest BCUT2D eigenvalue weighted by Crippen LogP contribution is -2.53. The lowest BCUT2D eigenvalue weighted by atomic mass is 9.99. The summed E-state index contributed by atoms with van der Waals surface area (Å²) in [5, 5.41) is 6.82. The van der Waals surface area contributed by atoms with E-state index in [1.807, 2.05) is 0 Å². The summed E-state index contributed by atoms with van der Waals surface area (Å²) in [7, 11) is 0. The lowest BCUT2D eigenvalue weighted by molar-refractivity contribution is -0.125. The first-order valence-corrected chi connectivity index (χ1v) is 9.94. The number of carbonyl (C=O) groups is 2. The van der Waals surface area contributed by atoms with Crippen molar-refractivity contribution < 1.29 is 19.1 Å². The number of benzene rings is 1. The number of ether oxygens (including phenoxy) is 2. The van der Waals surface area contributed by atoms with E-state index in [0.717, 1.165) is 25.7 Å². The highest BCUT2D eigenvalue weighted by Gasteiger charge is 2.38. The molecule has 7 nitrogen and oxygen atoms in total. The predicted octanol–water partition coefficient (Wildman–Crippen LogP) is 1.84. The van der Waals surface area contributed by atoms with Crippen molar-refractivity contribution in [3.8, 4) is 11.5 Å². The average Bonchev–Trinajstić information content (AvgIpc) is 3.40. The Kier molecular flexibility index (Phi) is 5.38. The van der Waals surface area contributed by atoms with Crippen molar-refractivity contribution in [1.29, 1.82) is 0 Å². The molecule has 0 spiro atoms. The van der Waals surface area contributed by atoms with E-state index < -0.39 is 0 Å². The van der Waals surface area contributed by atoms with Gasteiger partial charge in [-0.05, 0) is 56.7 Å². The monoisotopic (exact) mass is 407 g/mol. The molecule has 2 amide bonds. The highest BCUT2D eigenvalue weighted by Crippen LogP contribution is 2.33. The molecule has 4 heterocycles. The van der Waals surface area contributed by atoms with Crippen molar-refractivity contribution in [2.45, 2.75) is 62.7 Å². The number of fused-ring (bicyclic) bond motifs is 3. The van der Waals surface area contributed by atoms with Gasteiger partial charge in [0.25, 0.3) is 5.91 Å². The molecule has 1 aromatic carbocycles. The maximum atomic E-state index is 13.0. The fourth-order valence-corrected chi connectivity index (χ4v) is 4.95. The van der Waals surface area contributed by atoms with Crippen LogP contribution in [0.25, 0.3) is 0 Å².